The molecule has 0 aliphatic carbocycles. The molecule has 0 radical (unpaired) electrons. The summed E-state index contributed by atoms with van der Waals surface area (Å²) in [6, 6.07) is 4.74. The number of nitrogens with zero attached hydrogens (tertiary/aromatic N) is 3. The molecule has 4 nitrogen and oxygen atoms in total. The Bertz CT molecular complexity index is 447. The van der Waals surface area contributed by atoms with Crippen molar-refractivity contribution in [2.24, 2.45) is 0 Å². The fourth-order valence-electron chi connectivity index (χ4n) is 0.907. The highest BCUT2D eigenvalue weighted by molar-refractivity contribution is 7.43. The van der Waals surface area contributed by atoms with Gasteiger partial charge in [-0.15, -0.1) is 0 Å². The first-order chi connectivity index (χ1) is 9.54. The zero-order valence-electron chi connectivity index (χ0n) is 11.0. The highest BCUT2D eigenvalue weighted by Crippen LogP contribution is 2.30. The molecule has 0 bridgehead atoms. The van der Waals surface area contributed by atoms with Crippen LogP contribution in [0.15, 0.2) is 24.3 Å². The van der Waals surface area contributed by atoms with Crippen LogP contribution in [-0.4, -0.2) is 20.6 Å². The first-order valence-corrected chi connectivity index (χ1v) is 7.85. The Morgan fingerprint density at radius 3 is 1.85 bits per heavy atom. The van der Waals surface area contributed by atoms with Gasteiger partial charge in [0.2, 0.25) is 0 Å². The highest BCUT2D eigenvalue weighted by atomic mass is 31.1. The molecule has 0 saturated carbocycles. The molecule has 0 N–H and O–H groups in total. The van der Waals surface area contributed by atoms with Gasteiger partial charge in [-0.25, -0.2) is 0 Å². The molecule has 0 atom stereocenters. The van der Waals surface area contributed by atoms with Gasteiger partial charge >= 0.3 is 6.18 Å². The summed E-state index contributed by atoms with van der Waals surface area (Å²) in [7, 11) is 3.82. The van der Waals surface area contributed by atoms with Gasteiger partial charge in [-0.2, -0.15) is 26.7 Å². The number of alkyl halides is 3. The standard InChI is InChI=1S/C8H7F3O.C2H6.N3P3/c1-12-7-4-2-3-6(5-7)8(9,10)11;1-2;1-4-2-6-3-5-1/h2-5H,1H3;1-2H3;. The number of hydrogen-bond acceptors (Lipinski definition) is 4. The number of benzene rings is 1. The second-order valence-corrected chi connectivity index (χ2v) is 5.45. The summed E-state index contributed by atoms with van der Waals surface area (Å²) in [6.07, 6.45) is -4.30. The van der Waals surface area contributed by atoms with Crippen molar-refractivity contribution >= 4 is 25.5 Å². The van der Waals surface area contributed by atoms with E-state index >= 15 is 0 Å². The molecule has 1 aromatic heterocycles. The van der Waals surface area contributed by atoms with Gasteiger partial charge in [-0.05, 0) is 18.2 Å². The zero-order chi connectivity index (χ0) is 15.4. The van der Waals surface area contributed by atoms with Crippen LogP contribution in [0.2, 0.25) is 0 Å². The van der Waals surface area contributed by atoms with Crippen LogP contribution in [0.4, 0.5) is 13.2 Å². The van der Waals surface area contributed by atoms with Crippen LogP contribution in [-0.2, 0) is 6.18 Å². The summed E-state index contributed by atoms with van der Waals surface area (Å²) in [4.78, 5) is 0. The van der Waals surface area contributed by atoms with Gasteiger partial charge < -0.3 is 4.74 Å². The minimum absolute atomic E-state index is 0.213. The molecule has 20 heavy (non-hydrogen) atoms. The maximum Gasteiger partial charge on any atom is 0.416 e. The molecule has 0 amide bonds. The van der Waals surface area contributed by atoms with E-state index in [9.17, 15) is 13.2 Å². The van der Waals surface area contributed by atoms with E-state index in [1.54, 1.807) is 0 Å². The van der Waals surface area contributed by atoms with E-state index in [4.69, 9.17) is 0 Å². The van der Waals surface area contributed by atoms with E-state index in [0.29, 0.717) is 0 Å². The van der Waals surface area contributed by atoms with Crippen molar-refractivity contribution in [3.63, 3.8) is 0 Å². The van der Waals surface area contributed by atoms with Crippen molar-refractivity contribution in [2.75, 3.05) is 7.11 Å². The van der Waals surface area contributed by atoms with Crippen LogP contribution in [0, 0.1) is 0 Å². The lowest BCUT2D eigenvalue weighted by atomic mass is 10.2. The molecule has 110 valence electrons. The average molecular weight is 341 g/mol. The van der Waals surface area contributed by atoms with Crippen LogP contribution in [0.1, 0.15) is 19.4 Å². The van der Waals surface area contributed by atoms with E-state index in [0.717, 1.165) is 37.7 Å². The van der Waals surface area contributed by atoms with Gasteiger partial charge in [-0.1, -0.05) is 19.9 Å². The lowest BCUT2D eigenvalue weighted by molar-refractivity contribution is -0.137. The topological polar surface area (TPSA) is 47.9 Å². The molecule has 0 saturated heterocycles. The van der Waals surface area contributed by atoms with Crippen molar-refractivity contribution < 1.29 is 17.9 Å². The van der Waals surface area contributed by atoms with Crippen molar-refractivity contribution in [2.45, 2.75) is 20.0 Å². The summed E-state index contributed by atoms with van der Waals surface area (Å²) >= 11 is 0. The largest absolute Gasteiger partial charge is 0.497 e. The maximum absolute atomic E-state index is 12.0. The normalized spacial score (nSPS) is 10.7. The van der Waals surface area contributed by atoms with E-state index in [1.807, 2.05) is 13.8 Å². The third kappa shape index (κ3) is 8.31. The van der Waals surface area contributed by atoms with Crippen molar-refractivity contribution in [1.82, 2.24) is 13.5 Å². The Labute approximate surface area is 120 Å². The summed E-state index contributed by atoms with van der Waals surface area (Å²) in [5, 5.41) is 0. The fraction of sp³-hybridized carbons (Fsp3) is 0.400. The van der Waals surface area contributed by atoms with E-state index in [2.05, 4.69) is 18.3 Å². The monoisotopic (exact) mass is 341 g/mol. The molecule has 0 aliphatic heterocycles. The summed E-state index contributed by atoms with van der Waals surface area (Å²) in [6.45, 7) is 4.00. The maximum atomic E-state index is 12.0. The first kappa shape index (κ1) is 19.1. The lowest BCUT2D eigenvalue weighted by Crippen LogP contribution is -2.04. The molecular weight excluding hydrogens is 328 g/mol. The quantitative estimate of drug-likeness (QED) is 0.701. The molecule has 2 rings (SSSR count). The van der Waals surface area contributed by atoms with Crippen molar-refractivity contribution in [3.8, 4) is 5.75 Å². The summed E-state index contributed by atoms with van der Waals surface area (Å²) in [5.74, 6) is 0.213. The first-order valence-electron chi connectivity index (χ1n) is 5.45. The molecule has 1 aromatic carbocycles. The summed E-state index contributed by atoms with van der Waals surface area (Å²) in [5.41, 5.74) is -0.693. The van der Waals surface area contributed by atoms with Crippen LogP contribution in [0.5, 0.6) is 5.75 Å². The molecule has 0 unspecified atom stereocenters. The number of ether oxygens (including phenoxy) is 1. The fourth-order valence-corrected chi connectivity index (χ4v) is 2.73. The highest BCUT2D eigenvalue weighted by Gasteiger charge is 2.30. The third-order valence-corrected chi connectivity index (χ3v) is 3.56. The molecule has 0 fully saturated rings. The number of hydrogen-bond donors (Lipinski definition) is 0. The van der Waals surface area contributed by atoms with Gasteiger partial charge in [0.25, 0.3) is 0 Å². The number of rotatable bonds is 1. The minimum atomic E-state index is -4.30. The average Bonchev–Trinajstić information content (AvgIpc) is 2.51. The number of aromatic nitrogens is 3. The minimum Gasteiger partial charge on any atom is -0.497 e. The number of halogens is 3. The Morgan fingerprint density at radius 2 is 1.50 bits per heavy atom. The Kier molecular flexibility index (Phi) is 10.4. The van der Waals surface area contributed by atoms with E-state index in [-0.39, 0.29) is 5.75 Å². The predicted octanol–water partition coefficient (Wildman–Crippen LogP) is 5.35. The van der Waals surface area contributed by atoms with Crippen LogP contribution >= 0.6 is 25.5 Å². The molecule has 1 heterocycles. The van der Waals surface area contributed by atoms with Gasteiger partial charge in [0.15, 0.2) is 25.5 Å². The van der Waals surface area contributed by atoms with Gasteiger partial charge in [0, 0.05) is 0 Å². The van der Waals surface area contributed by atoms with E-state index in [1.165, 1.54) is 19.2 Å². The Hall–Kier alpha value is -0.890. The smallest absolute Gasteiger partial charge is 0.416 e. The van der Waals surface area contributed by atoms with Gasteiger partial charge in [0.05, 0.1) is 12.7 Å². The third-order valence-electron chi connectivity index (χ3n) is 1.64. The van der Waals surface area contributed by atoms with Gasteiger partial charge in [0.1, 0.15) is 5.75 Å². The van der Waals surface area contributed by atoms with Gasteiger partial charge in [-0.3, -0.25) is 0 Å². The van der Waals surface area contributed by atoms with Crippen LogP contribution in [0.3, 0.4) is 0 Å². The molecular formula is C10H13F3N3OP3. The molecule has 0 aliphatic rings. The lowest BCUT2D eigenvalue weighted by Gasteiger charge is -2.07. The predicted molar refractivity (Wildman–Crippen MR) is 76.7 cm³/mol. The molecule has 0 spiro atoms. The summed E-state index contributed by atoms with van der Waals surface area (Å²) < 4.78 is 52.1. The zero-order valence-corrected chi connectivity index (χ0v) is 13.7. The molecule has 2 aromatic rings. The molecule has 10 heteroatoms. The van der Waals surface area contributed by atoms with Crippen molar-refractivity contribution in [3.05, 3.63) is 29.8 Å². The van der Waals surface area contributed by atoms with Crippen molar-refractivity contribution in [1.29, 1.82) is 0 Å². The Morgan fingerprint density at radius 1 is 1.00 bits per heavy atom. The number of methoxy groups -OCH3 is 1. The Balaban J connectivity index is 0.000000377. The van der Waals surface area contributed by atoms with Crippen LogP contribution < -0.4 is 4.74 Å². The SMILES string of the molecule is CC.COc1cccc(C(F)(F)F)c1.n1pnpnp1. The second-order valence-electron chi connectivity index (χ2n) is 2.77. The van der Waals surface area contributed by atoms with Crippen LogP contribution in [0.25, 0.3) is 0 Å². The second kappa shape index (κ2) is 10.8. The van der Waals surface area contributed by atoms with E-state index < -0.39 is 11.7 Å².